The van der Waals surface area contributed by atoms with Crippen molar-refractivity contribution in [2.24, 2.45) is 5.92 Å². The van der Waals surface area contributed by atoms with Crippen LogP contribution in [0.15, 0.2) is 16.6 Å². The molecule has 124 valence electrons. The molecular weight excluding hydrogens is 368 g/mol. The van der Waals surface area contributed by atoms with E-state index >= 15 is 0 Å². The number of rotatable bonds is 5. The Kier molecular flexibility index (Phi) is 5.25. The minimum atomic E-state index is -1.08. The van der Waals surface area contributed by atoms with Crippen molar-refractivity contribution in [3.05, 3.63) is 22.2 Å². The fourth-order valence-corrected chi connectivity index (χ4v) is 2.73. The highest BCUT2D eigenvalue weighted by Crippen LogP contribution is 2.33. The van der Waals surface area contributed by atoms with Gasteiger partial charge in [0.2, 0.25) is 0 Å². The maximum Gasteiger partial charge on any atom is 0.326 e. The Balaban J connectivity index is 2.22. The van der Waals surface area contributed by atoms with Crippen LogP contribution in [0.25, 0.3) is 0 Å². The number of halogens is 1. The first-order chi connectivity index (χ1) is 10.8. The topological polar surface area (TPSA) is 105 Å². The largest absolute Gasteiger partial charge is 0.482 e. The second-order valence-corrected chi connectivity index (χ2v) is 6.51. The summed E-state index contributed by atoms with van der Waals surface area (Å²) in [4.78, 5) is 34.9. The first-order valence-electron chi connectivity index (χ1n) is 7.07. The molecule has 0 saturated carbocycles. The van der Waals surface area contributed by atoms with Crippen LogP contribution in [-0.4, -0.2) is 35.5 Å². The number of benzene rings is 1. The maximum atomic E-state index is 12.4. The van der Waals surface area contributed by atoms with Gasteiger partial charge in [-0.3, -0.25) is 9.59 Å². The van der Waals surface area contributed by atoms with Crippen molar-refractivity contribution in [3.8, 4) is 5.75 Å². The number of nitrogens with one attached hydrogen (secondary N) is 2. The number of fused-ring (bicyclic) bond motifs is 1. The van der Waals surface area contributed by atoms with Crippen molar-refractivity contribution < 1.29 is 24.2 Å². The number of carbonyl (C=O) groups excluding carboxylic acids is 2. The molecule has 0 unspecified atom stereocenters. The number of ether oxygens (including phenoxy) is 1. The summed E-state index contributed by atoms with van der Waals surface area (Å²) in [7, 11) is 0. The van der Waals surface area contributed by atoms with E-state index in [1.807, 2.05) is 13.8 Å². The summed E-state index contributed by atoms with van der Waals surface area (Å²) in [5.41, 5.74) is 0.705. The van der Waals surface area contributed by atoms with Crippen LogP contribution in [0.2, 0.25) is 0 Å². The molecule has 1 aromatic rings. The van der Waals surface area contributed by atoms with E-state index in [-0.39, 0.29) is 24.0 Å². The van der Waals surface area contributed by atoms with Gasteiger partial charge in [0, 0.05) is 4.47 Å². The number of hydrogen-bond donors (Lipinski definition) is 3. The highest BCUT2D eigenvalue weighted by atomic mass is 79.9. The van der Waals surface area contributed by atoms with E-state index in [2.05, 4.69) is 26.6 Å². The lowest BCUT2D eigenvalue weighted by molar-refractivity contribution is -0.139. The summed E-state index contributed by atoms with van der Waals surface area (Å²) in [6, 6.07) is 2.06. The van der Waals surface area contributed by atoms with Gasteiger partial charge in [-0.1, -0.05) is 13.8 Å². The summed E-state index contributed by atoms with van der Waals surface area (Å²) in [6.07, 6.45) is 0.330. The van der Waals surface area contributed by atoms with Crippen LogP contribution in [0.5, 0.6) is 5.75 Å². The number of carboxylic acids is 1. The zero-order valence-electron chi connectivity index (χ0n) is 12.7. The molecule has 23 heavy (non-hydrogen) atoms. The van der Waals surface area contributed by atoms with Crippen molar-refractivity contribution in [1.82, 2.24) is 5.32 Å². The van der Waals surface area contributed by atoms with Crippen LogP contribution >= 0.6 is 15.9 Å². The lowest BCUT2D eigenvalue weighted by Gasteiger charge is -2.20. The van der Waals surface area contributed by atoms with E-state index in [1.165, 1.54) is 6.07 Å². The highest BCUT2D eigenvalue weighted by Gasteiger charge is 2.25. The summed E-state index contributed by atoms with van der Waals surface area (Å²) in [5, 5.41) is 14.4. The minimum Gasteiger partial charge on any atom is -0.482 e. The van der Waals surface area contributed by atoms with E-state index < -0.39 is 17.9 Å². The molecule has 0 spiro atoms. The number of hydrogen-bond acceptors (Lipinski definition) is 4. The number of aliphatic carboxylic acids is 1. The molecule has 1 heterocycles. The Bertz CT molecular complexity index is 660. The number of amides is 2. The standard InChI is InChI=1S/C15H17BrN2O5/c1-7(2)3-11(15(21)22)18-14(20)8-4-12-10(5-9(8)16)17-13(19)6-23-12/h4-5,7,11H,3,6H2,1-2H3,(H,17,19)(H,18,20)(H,21,22)/t11-/m0/s1. The summed E-state index contributed by atoms with van der Waals surface area (Å²) >= 11 is 3.26. The molecule has 1 aromatic carbocycles. The smallest absolute Gasteiger partial charge is 0.326 e. The van der Waals surface area contributed by atoms with Crippen molar-refractivity contribution in [2.45, 2.75) is 26.3 Å². The molecule has 1 aliphatic rings. The molecule has 0 saturated heterocycles. The number of carboxylic acid groups (broad SMARTS) is 1. The SMILES string of the molecule is CC(C)C[C@H](NC(=O)c1cc2c(cc1Br)NC(=O)CO2)C(=O)O. The molecule has 0 aliphatic carbocycles. The van der Waals surface area contributed by atoms with Gasteiger partial charge in [-0.15, -0.1) is 0 Å². The first kappa shape index (κ1) is 17.3. The molecule has 2 rings (SSSR count). The molecule has 0 bridgehead atoms. The predicted octanol–water partition coefficient (Wildman–Crippen LogP) is 2.01. The molecule has 3 N–H and O–H groups in total. The van der Waals surface area contributed by atoms with Crippen LogP contribution < -0.4 is 15.4 Å². The van der Waals surface area contributed by atoms with Gasteiger partial charge in [0.25, 0.3) is 11.8 Å². The van der Waals surface area contributed by atoms with Crippen LogP contribution in [0.4, 0.5) is 5.69 Å². The van der Waals surface area contributed by atoms with E-state index in [0.717, 1.165) is 0 Å². The van der Waals surface area contributed by atoms with Gasteiger partial charge in [0.1, 0.15) is 11.8 Å². The quantitative estimate of drug-likeness (QED) is 0.719. The normalized spacial score (nSPS) is 14.5. The Morgan fingerprint density at radius 3 is 2.74 bits per heavy atom. The zero-order valence-corrected chi connectivity index (χ0v) is 14.3. The predicted molar refractivity (Wildman–Crippen MR) is 86.6 cm³/mol. The molecule has 1 aliphatic heterocycles. The molecule has 0 aromatic heterocycles. The summed E-state index contributed by atoms with van der Waals surface area (Å²) < 4.78 is 5.71. The Morgan fingerprint density at radius 1 is 1.43 bits per heavy atom. The fourth-order valence-electron chi connectivity index (χ4n) is 2.20. The zero-order chi connectivity index (χ0) is 17.1. The van der Waals surface area contributed by atoms with Gasteiger partial charge in [-0.25, -0.2) is 4.79 Å². The first-order valence-corrected chi connectivity index (χ1v) is 7.87. The number of carbonyl (C=O) groups is 3. The average molecular weight is 385 g/mol. The van der Waals surface area contributed by atoms with Crippen molar-refractivity contribution in [1.29, 1.82) is 0 Å². The molecule has 0 fully saturated rings. The van der Waals surface area contributed by atoms with Gasteiger partial charge >= 0.3 is 5.97 Å². The van der Waals surface area contributed by atoms with Crippen molar-refractivity contribution in [3.63, 3.8) is 0 Å². The van der Waals surface area contributed by atoms with Gasteiger partial charge in [0.05, 0.1) is 11.3 Å². The molecular formula is C15H17BrN2O5. The minimum absolute atomic E-state index is 0.124. The van der Waals surface area contributed by atoms with Crippen molar-refractivity contribution >= 4 is 39.4 Å². The fraction of sp³-hybridized carbons (Fsp3) is 0.400. The second-order valence-electron chi connectivity index (χ2n) is 5.66. The molecule has 8 heteroatoms. The molecule has 1 atom stereocenters. The van der Waals surface area contributed by atoms with E-state index in [1.54, 1.807) is 6.07 Å². The van der Waals surface area contributed by atoms with Gasteiger partial charge in [0.15, 0.2) is 6.61 Å². The van der Waals surface area contributed by atoms with E-state index in [4.69, 9.17) is 4.74 Å². The van der Waals surface area contributed by atoms with Crippen LogP contribution in [0, 0.1) is 5.92 Å². The van der Waals surface area contributed by atoms with Gasteiger partial charge < -0.3 is 20.5 Å². The Labute approximate surface area is 141 Å². The van der Waals surface area contributed by atoms with Gasteiger partial charge in [-0.2, -0.15) is 0 Å². The van der Waals surface area contributed by atoms with Crippen LogP contribution in [0.1, 0.15) is 30.6 Å². The lowest BCUT2D eigenvalue weighted by Crippen LogP contribution is -2.41. The molecule has 2 amide bonds. The summed E-state index contributed by atoms with van der Waals surface area (Å²) in [5.74, 6) is -1.38. The summed E-state index contributed by atoms with van der Waals surface area (Å²) in [6.45, 7) is 3.64. The third kappa shape index (κ3) is 4.22. The van der Waals surface area contributed by atoms with E-state index in [9.17, 15) is 19.5 Å². The molecule has 0 radical (unpaired) electrons. The average Bonchev–Trinajstić information content (AvgIpc) is 2.44. The monoisotopic (exact) mass is 384 g/mol. The number of anilines is 1. The van der Waals surface area contributed by atoms with Gasteiger partial charge in [-0.05, 0) is 40.4 Å². The third-order valence-corrected chi connectivity index (χ3v) is 3.91. The van der Waals surface area contributed by atoms with Crippen molar-refractivity contribution in [2.75, 3.05) is 11.9 Å². The molecule has 7 nitrogen and oxygen atoms in total. The Morgan fingerprint density at radius 2 is 2.13 bits per heavy atom. The van der Waals surface area contributed by atoms with Crippen LogP contribution in [-0.2, 0) is 9.59 Å². The highest BCUT2D eigenvalue weighted by molar-refractivity contribution is 9.10. The third-order valence-electron chi connectivity index (χ3n) is 3.26. The lowest BCUT2D eigenvalue weighted by atomic mass is 10.0. The van der Waals surface area contributed by atoms with Crippen LogP contribution in [0.3, 0.4) is 0 Å². The van der Waals surface area contributed by atoms with E-state index in [0.29, 0.717) is 22.3 Å². The maximum absolute atomic E-state index is 12.4. The second kappa shape index (κ2) is 6.99. The Hall–Kier alpha value is -2.09.